The number of fused-ring (bicyclic) bond motifs is 2. The van der Waals surface area contributed by atoms with Crippen LogP contribution in [-0.2, 0) is 25.1 Å². The third kappa shape index (κ3) is 4.17. The minimum atomic E-state index is -3.65. The molecular formula is C27H27N3O5S. The molecule has 0 spiro atoms. The number of rotatable bonds is 6. The van der Waals surface area contributed by atoms with Crippen molar-refractivity contribution in [2.24, 2.45) is 5.92 Å². The summed E-state index contributed by atoms with van der Waals surface area (Å²) in [5, 5.41) is 0.601. The van der Waals surface area contributed by atoms with E-state index in [0.717, 1.165) is 29.7 Å². The third-order valence-electron chi connectivity index (χ3n) is 7.13. The minimum absolute atomic E-state index is 0.0247. The molecule has 1 saturated heterocycles. The summed E-state index contributed by atoms with van der Waals surface area (Å²) >= 11 is 0. The molecular weight excluding hydrogens is 478 g/mol. The summed E-state index contributed by atoms with van der Waals surface area (Å²) in [6.45, 7) is 0.614. The largest absolute Gasteiger partial charge is 0.497 e. The highest BCUT2D eigenvalue weighted by Gasteiger charge is 2.44. The Morgan fingerprint density at radius 2 is 1.83 bits per heavy atom. The Balaban J connectivity index is 1.29. The highest BCUT2D eigenvalue weighted by Crippen LogP contribution is 2.45. The Morgan fingerprint density at radius 3 is 2.61 bits per heavy atom. The van der Waals surface area contributed by atoms with Crippen LogP contribution in [0.1, 0.15) is 36.3 Å². The lowest BCUT2D eigenvalue weighted by Crippen LogP contribution is -2.36. The summed E-state index contributed by atoms with van der Waals surface area (Å²) in [4.78, 5) is 8.68. The smallest absolute Gasteiger partial charge is 0.200 e. The first-order chi connectivity index (χ1) is 17.5. The fourth-order valence-electron chi connectivity index (χ4n) is 5.36. The summed E-state index contributed by atoms with van der Waals surface area (Å²) in [6.07, 6.45) is 4.59. The SMILES string of the molecule is COc1ccc(C2OC[C@@H]3CCC(n4ccc5c(S(=O)(=O)Cc6ccccc6)ncnc54)[C@@H]3O2)cc1. The normalized spacial score (nSPS) is 24.0. The molecule has 4 aromatic rings. The summed E-state index contributed by atoms with van der Waals surface area (Å²) in [7, 11) is -2.01. The van der Waals surface area contributed by atoms with Crippen molar-refractivity contribution in [2.75, 3.05) is 13.7 Å². The Hall–Kier alpha value is -3.27. The van der Waals surface area contributed by atoms with Crippen LogP contribution in [0.4, 0.5) is 0 Å². The van der Waals surface area contributed by atoms with Crippen molar-refractivity contribution in [3.8, 4) is 5.75 Å². The number of ether oxygens (including phenoxy) is 3. The zero-order valence-corrected chi connectivity index (χ0v) is 20.7. The van der Waals surface area contributed by atoms with Gasteiger partial charge in [0.05, 0.1) is 37.0 Å². The van der Waals surface area contributed by atoms with Gasteiger partial charge in [-0.05, 0) is 36.6 Å². The number of sulfone groups is 1. The number of benzene rings is 2. The molecule has 186 valence electrons. The van der Waals surface area contributed by atoms with Crippen molar-refractivity contribution in [2.45, 2.75) is 42.1 Å². The molecule has 0 N–H and O–H groups in total. The second-order valence-electron chi connectivity index (χ2n) is 9.33. The van der Waals surface area contributed by atoms with Gasteiger partial charge in [0.25, 0.3) is 0 Å². The summed E-state index contributed by atoms with van der Waals surface area (Å²) in [5.74, 6) is 0.941. The maximum absolute atomic E-state index is 13.3. The quantitative estimate of drug-likeness (QED) is 0.357. The molecule has 2 unspecified atom stereocenters. The zero-order valence-electron chi connectivity index (χ0n) is 19.9. The Labute approximate surface area is 209 Å². The van der Waals surface area contributed by atoms with Gasteiger partial charge in [0.1, 0.15) is 17.7 Å². The molecule has 2 aliphatic rings. The van der Waals surface area contributed by atoms with Crippen LogP contribution in [0.25, 0.3) is 11.0 Å². The first kappa shape index (κ1) is 23.1. The van der Waals surface area contributed by atoms with Gasteiger partial charge in [0.2, 0.25) is 9.84 Å². The van der Waals surface area contributed by atoms with E-state index in [1.54, 1.807) is 13.2 Å². The average Bonchev–Trinajstić information content (AvgIpc) is 3.52. The number of hydrogen-bond donors (Lipinski definition) is 0. The topological polar surface area (TPSA) is 92.5 Å². The van der Waals surface area contributed by atoms with Gasteiger partial charge in [0.15, 0.2) is 11.3 Å². The van der Waals surface area contributed by atoms with Crippen LogP contribution in [0.15, 0.2) is 78.2 Å². The predicted octanol–water partition coefficient (Wildman–Crippen LogP) is 4.48. The lowest BCUT2D eigenvalue weighted by molar-refractivity contribution is -0.240. The van der Waals surface area contributed by atoms with E-state index in [1.807, 2.05) is 60.8 Å². The van der Waals surface area contributed by atoms with E-state index >= 15 is 0 Å². The van der Waals surface area contributed by atoms with Gasteiger partial charge in [-0.15, -0.1) is 0 Å². The molecule has 3 heterocycles. The van der Waals surface area contributed by atoms with Crippen LogP contribution in [0, 0.1) is 5.92 Å². The van der Waals surface area contributed by atoms with Crippen molar-refractivity contribution < 1.29 is 22.6 Å². The van der Waals surface area contributed by atoms with E-state index in [1.165, 1.54) is 6.33 Å². The van der Waals surface area contributed by atoms with Gasteiger partial charge in [-0.25, -0.2) is 18.4 Å². The number of aromatic nitrogens is 3. The maximum atomic E-state index is 13.3. The third-order valence-corrected chi connectivity index (χ3v) is 8.76. The van der Waals surface area contributed by atoms with E-state index < -0.39 is 16.1 Å². The van der Waals surface area contributed by atoms with Crippen LogP contribution in [0.3, 0.4) is 0 Å². The molecule has 4 atom stereocenters. The van der Waals surface area contributed by atoms with E-state index in [4.69, 9.17) is 14.2 Å². The van der Waals surface area contributed by atoms with Gasteiger partial charge in [-0.2, -0.15) is 0 Å². The monoisotopic (exact) mass is 505 g/mol. The zero-order chi connectivity index (χ0) is 24.7. The average molecular weight is 506 g/mol. The first-order valence-corrected chi connectivity index (χ1v) is 13.7. The molecule has 0 bridgehead atoms. The van der Waals surface area contributed by atoms with E-state index in [0.29, 0.717) is 17.6 Å². The Kier molecular flexibility index (Phi) is 5.99. The van der Waals surface area contributed by atoms with Gasteiger partial charge < -0.3 is 18.8 Å². The minimum Gasteiger partial charge on any atom is -0.497 e. The molecule has 1 saturated carbocycles. The van der Waals surface area contributed by atoms with Crippen molar-refractivity contribution >= 4 is 20.9 Å². The molecule has 2 aromatic heterocycles. The molecule has 2 fully saturated rings. The molecule has 2 aromatic carbocycles. The fraction of sp³-hybridized carbons (Fsp3) is 0.333. The van der Waals surface area contributed by atoms with Crippen molar-refractivity contribution in [1.82, 2.24) is 14.5 Å². The van der Waals surface area contributed by atoms with E-state index in [2.05, 4.69) is 14.5 Å². The maximum Gasteiger partial charge on any atom is 0.200 e. The summed E-state index contributed by atoms with van der Waals surface area (Å²) in [6, 6.07) is 18.7. The number of nitrogens with zero attached hydrogens (tertiary/aromatic N) is 3. The highest BCUT2D eigenvalue weighted by molar-refractivity contribution is 7.90. The second kappa shape index (κ2) is 9.31. The standard InChI is InChI=1S/C27H27N3O5S/c1-33-21-10-7-19(8-11-21)27-34-15-20-9-12-23(24(20)35-27)30-14-13-22-25(30)28-17-29-26(22)36(31,32)16-18-5-3-2-4-6-18/h2-8,10-11,13-14,17,20,23-24,27H,9,12,15-16H2,1H3/t20-,23?,24+,27?/m0/s1. The van der Waals surface area contributed by atoms with Crippen LogP contribution in [0.2, 0.25) is 0 Å². The van der Waals surface area contributed by atoms with Crippen LogP contribution < -0.4 is 4.74 Å². The predicted molar refractivity (Wildman–Crippen MR) is 133 cm³/mol. The van der Waals surface area contributed by atoms with Crippen molar-refractivity contribution in [3.05, 3.63) is 84.3 Å². The molecule has 36 heavy (non-hydrogen) atoms. The molecule has 0 amide bonds. The lowest BCUT2D eigenvalue weighted by Gasteiger charge is -2.36. The molecule has 1 aliphatic carbocycles. The van der Waals surface area contributed by atoms with E-state index in [-0.39, 0.29) is 28.8 Å². The molecule has 1 aliphatic heterocycles. The van der Waals surface area contributed by atoms with Crippen LogP contribution in [0.5, 0.6) is 5.75 Å². The van der Waals surface area contributed by atoms with Gasteiger partial charge in [-0.1, -0.05) is 42.5 Å². The van der Waals surface area contributed by atoms with Gasteiger partial charge in [-0.3, -0.25) is 0 Å². The summed E-state index contributed by atoms with van der Waals surface area (Å²) < 4.78 is 46.4. The lowest BCUT2D eigenvalue weighted by atomic mass is 10.0. The molecule has 9 heteroatoms. The first-order valence-electron chi connectivity index (χ1n) is 12.0. The van der Waals surface area contributed by atoms with E-state index in [9.17, 15) is 8.42 Å². The summed E-state index contributed by atoms with van der Waals surface area (Å²) in [5.41, 5.74) is 2.27. The second-order valence-corrected chi connectivity index (χ2v) is 11.2. The Bertz CT molecular complexity index is 1470. The van der Waals surface area contributed by atoms with Crippen LogP contribution in [-0.4, -0.2) is 42.8 Å². The van der Waals surface area contributed by atoms with Gasteiger partial charge >= 0.3 is 0 Å². The Morgan fingerprint density at radius 1 is 1.03 bits per heavy atom. The van der Waals surface area contributed by atoms with Gasteiger partial charge in [0, 0.05) is 17.7 Å². The highest BCUT2D eigenvalue weighted by atomic mass is 32.2. The molecule has 0 radical (unpaired) electrons. The number of methoxy groups -OCH3 is 1. The number of hydrogen-bond acceptors (Lipinski definition) is 7. The van der Waals surface area contributed by atoms with Crippen molar-refractivity contribution in [3.63, 3.8) is 0 Å². The molecule has 8 nitrogen and oxygen atoms in total. The fourth-order valence-corrected chi connectivity index (χ4v) is 6.83. The van der Waals surface area contributed by atoms with Crippen LogP contribution >= 0.6 is 0 Å². The van der Waals surface area contributed by atoms with Crippen molar-refractivity contribution in [1.29, 1.82) is 0 Å². The molecule has 6 rings (SSSR count).